The first-order valence-electron chi connectivity index (χ1n) is 2.84. The van der Waals surface area contributed by atoms with Crippen LogP contribution in [0.4, 0.5) is 0 Å². The van der Waals surface area contributed by atoms with Crippen LogP contribution in [0.1, 0.15) is 20.8 Å². The van der Waals surface area contributed by atoms with Gasteiger partial charge in [0.25, 0.3) is 0 Å². The molecule has 10 heavy (non-hydrogen) atoms. The van der Waals surface area contributed by atoms with Gasteiger partial charge in [-0.15, -0.1) is 0 Å². The Balaban J connectivity index is 3.73. The molecule has 0 bridgehead atoms. The maximum absolute atomic E-state index is 5.41. The summed E-state index contributed by atoms with van der Waals surface area (Å²) >= 11 is 0. The van der Waals surface area contributed by atoms with E-state index < -0.39 is 5.72 Å². The fourth-order valence-corrected chi connectivity index (χ4v) is 0.203. The van der Waals surface area contributed by atoms with Gasteiger partial charge < -0.3 is 9.68 Å². The van der Waals surface area contributed by atoms with Crippen molar-refractivity contribution >= 4 is 5.90 Å². The highest BCUT2D eigenvalue weighted by Gasteiger charge is 2.10. The molecule has 0 amide bonds. The average molecular weight is 147 g/mol. The van der Waals surface area contributed by atoms with Crippen LogP contribution < -0.4 is 11.6 Å². The Morgan fingerprint density at radius 2 is 2.00 bits per heavy atom. The van der Waals surface area contributed by atoms with Crippen LogP contribution in [-0.4, -0.2) is 11.6 Å². The molecule has 0 aliphatic carbocycles. The van der Waals surface area contributed by atoms with E-state index in [0.29, 0.717) is 0 Å². The minimum atomic E-state index is -0.792. The third-order valence-corrected chi connectivity index (χ3v) is 0.580. The van der Waals surface area contributed by atoms with E-state index in [-0.39, 0.29) is 5.90 Å². The fraction of sp³-hybridized carbons (Fsp3) is 0.800. The molecule has 0 heterocycles. The Bertz CT molecular complexity index is 127. The van der Waals surface area contributed by atoms with Crippen LogP contribution >= 0.6 is 0 Å². The fourth-order valence-electron chi connectivity index (χ4n) is 0.203. The molecule has 0 spiro atoms. The predicted octanol–water partition coefficient (Wildman–Crippen LogP) is -0.0785. The summed E-state index contributed by atoms with van der Waals surface area (Å²) in [5, 5.41) is 3.46. The van der Waals surface area contributed by atoms with Crippen LogP contribution in [0.5, 0.6) is 0 Å². The van der Waals surface area contributed by atoms with E-state index in [1.165, 1.54) is 0 Å². The van der Waals surface area contributed by atoms with Gasteiger partial charge in [0.2, 0.25) is 5.90 Å². The summed E-state index contributed by atoms with van der Waals surface area (Å²) in [5.74, 6) is 4.98. The standard InChI is InChI=1S/C5H13N3O2/c1-4(9-7)8-10-5(2,3)6/h6-7H2,1-3H3. The zero-order chi connectivity index (χ0) is 8.20. The van der Waals surface area contributed by atoms with E-state index in [2.05, 4.69) is 9.99 Å². The Morgan fingerprint density at radius 1 is 1.50 bits per heavy atom. The van der Waals surface area contributed by atoms with Crippen molar-refractivity contribution in [2.24, 2.45) is 16.8 Å². The summed E-state index contributed by atoms with van der Waals surface area (Å²) in [5.41, 5.74) is 4.62. The van der Waals surface area contributed by atoms with E-state index in [1.54, 1.807) is 20.8 Å². The van der Waals surface area contributed by atoms with Crippen LogP contribution in [-0.2, 0) is 9.68 Å². The van der Waals surface area contributed by atoms with Crippen molar-refractivity contribution in [2.75, 3.05) is 0 Å². The van der Waals surface area contributed by atoms with Gasteiger partial charge in [-0.2, -0.15) is 5.90 Å². The molecule has 4 N–H and O–H groups in total. The molecule has 0 aliphatic rings. The molecule has 0 aromatic heterocycles. The van der Waals surface area contributed by atoms with Gasteiger partial charge >= 0.3 is 0 Å². The summed E-state index contributed by atoms with van der Waals surface area (Å²) in [7, 11) is 0. The molecule has 5 nitrogen and oxygen atoms in total. The third-order valence-electron chi connectivity index (χ3n) is 0.580. The zero-order valence-corrected chi connectivity index (χ0v) is 6.42. The van der Waals surface area contributed by atoms with Crippen molar-refractivity contribution in [1.29, 1.82) is 0 Å². The van der Waals surface area contributed by atoms with Crippen LogP contribution in [0.25, 0.3) is 0 Å². The largest absolute Gasteiger partial charge is 0.393 e. The van der Waals surface area contributed by atoms with E-state index in [0.717, 1.165) is 0 Å². The molecular formula is C5H13N3O2. The molecule has 0 unspecified atom stereocenters. The highest BCUT2D eigenvalue weighted by molar-refractivity contribution is 5.71. The molecule has 60 valence electrons. The lowest BCUT2D eigenvalue weighted by Crippen LogP contribution is -2.33. The molecule has 0 aromatic carbocycles. The van der Waals surface area contributed by atoms with E-state index in [9.17, 15) is 0 Å². The minimum Gasteiger partial charge on any atom is -0.393 e. The Morgan fingerprint density at radius 3 is 2.30 bits per heavy atom. The number of rotatable bonds is 2. The minimum absolute atomic E-state index is 0.235. The second-order valence-electron chi connectivity index (χ2n) is 2.42. The summed E-state index contributed by atoms with van der Waals surface area (Å²) in [6.45, 7) is 4.90. The summed E-state index contributed by atoms with van der Waals surface area (Å²) in [6, 6.07) is 0. The SMILES string of the molecule is CC(=NOC(C)(C)N)ON. The summed E-state index contributed by atoms with van der Waals surface area (Å²) in [6.07, 6.45) is 0. The van der Waals surface area contributed by atoms with Crippen molar-refractivity contribution < 1.29 is 9.68 Å². The lowest BCUT2D eigenvalue weighted by molar-refractivity contribution is -0.0136. The van der Waals surface area contributed by atoms with Crippen molar-refractivity contribution in [1.82, 2.24) is 0 Å². The van der Waals surface area contributed by atoms with Crippen LogP contribution in [0.15, 0.2) is 5.16 Å². The molecule has 5 heteroatoms. The number of hydrogen-bond acceptors (Lipinski definition) is 5. The quantitative estimate of drug-likeness (QED) is 0.248. The molecule has 0 radical (unpaired) electrons. The molecule has 0 aliphatic heterocycles. The number of hydrogen-bond donors (Lipinski definition) is 2. The smallest absolute Gasteiger partial charge is 0.246 e. The van der Waals surface area contributed by atoms with Crippen LogP contribution in [0.2, 0.25) is 0 Å². The first-order chi connectivity index (χ1) is 4.45. The normalized spacial score (nSPS) is 13.1. The maximum Gasteiger partial charge on any atom is 0.246 e. The van der Waals surface area contributed by atoms with Gasteiger partial charge in [0.1, 0.15) is 0 Å². The molecule has 0 saturated carbocycles. The first-order valence-corrected chi connectivity index (χ1v) is 2.84. The van der Waals surface area contributed by atoms with E-state index in [4.69, 9.17) is 16.5 Å². The average Bonchev–Trinajstić information content (AvgIpc) is 1.81. The van der Waals surface area contributed by atoms with Crippen molar-refractivity contribution in [3.05, 3.63) is 0 Å². The molecular weight excluding hydrogens is 134 g/mol. The number of nitrogens with zero attached hydrogens (tertiary/aromatic N) is 1. The van der Waals surface area contributed by atoms with Crippen molar-refractivity contribution in [3.8, 4) is 0 Å². The Kier molecular flexibility index (Phi) is 3.11. The topological polar surface area (TPSA) is 82.9 Å². The maximum atomic E-state index is 5.41. The lowest BCUT2D eigenvalue weighted by atomic mass is 10.3. The highest BCUT2D eigenvalue weighted by atomic mass is 16.7. The van der Waals surface area contributed by atoms with Crippen molar-refractivity contribution in [2.45, 2.75) is 26.5 Å². The first kappa shape index (κ1) is 9.19. The summed E-state index contributed by atoms with van der Waals surface area (Å²) in [4.78, 5) is 8.96. The summed E-state index contributed by atoms with van der Waals surface area (Å²) < 4.78 is 0. The second kappa shape index (κ2) is 3.38. The van der Waals surface area contributed by atoms with Gasteiger partial charge in [-0.25, -0.2) is 0 Å². The highest BCUT2D eigenvalue weighted by Crippen LogP contribution is 1.98. The Labute approximate surface area is 59.9 Å². The Hall–Kier alpha value is -0.810. The van der Waals surface area contributed by atoms with Crippen molar-refractivity contribution in [3.63, 3.8) is 0 Å². The van der Waals surface area contributed by atoms with Gasteiger partial charge in [0.05, 0.1) is 0 Å². The molecule has 0 saturated heterocycles. The zero-order valence-electron chi connectivity index (χ0n) is 6.42. The van der Waals surface area contributed by atoms with Crippen LogP contribution in [0.3, 0.4) is 0 Å². The molecule has 0 atom stereocenters. The van der Waals surface area contributed by atoms with Gasteiger partial charge in [-0.1, -0.05) is 0 Å². The number of nitrogens with two attached hydrogens (primary N) is 2. The second-order valence-corrected chi connectivity index (χ2v) is 2.42. The van der Waals surface area contributed by atoms with Gasteiger partial charge in [0, 0.05) is 6.92 Å². The van der Waals surface area contributed by atoms with E-state index >= 15 is 0 Å². The van der Waals surface area contributed by atoms with E-state index in [1.807, 2.05) is 0 Å². The lowest BCUT2D eigenvalue weighted by Gasteiger charge is -2.15. The molecule has 0 fully saturated rings. The van der Waals surface area contributed by atoms with Crippen LogP contribution in [0, 0.1) is 0 Å². The predicted molar refractivity (Wildman–Crippen MR) is 37.7 cm³/mol. The van der Waals surface area contributed by atoms with Gasteiger partial charge in [-0.05, 0) is 19.0 Å². The molecule has 0 aromatic rings. The third kappa shape index (κ3) is 5.33. The molecule has 0 rings (SSSR count). The monoisotopic (exact) mass is 147 g/mol. The number of oxime groups is 1. The van der Waals surface area contributed by atoms with Gasteiger partial charge in [-0.3, -0.25) is 5.73 Å². The van der Waals surface area contributed by atoms with Gasteiger partial charge in [0.15, 0.2) is 5.72 Å².